The predicted molar refractivity (Wildman–Crippen MR) is 139 cm³/mol. The molecule has 0 saturated heterocycles. The minimum Gasteiger partial charge on any atom is -0.363 e. The summed E-state index contributed by atoms with van der Waals surface area (Å²) in [5.74, 6) is -0.204. The summed E-state index contributed by atoms with van der Waals surface area (Å²) in [7, 11) is 0. The van der Waals surface area contributed by atoms with Crippen LogP contribution in [0.3, 0.4) is 0 Å². The van der Waals surface area contributed by atoms with Crippen LogP contribution in [0.1, 0.15) is 11.1 Å². The molecule has 5 aromatic rings. The lowest BCUT2D eigenvalue weighted by Crippen LogP contribution is -2.14. The van der Waals surface area contributed by atoms with Gasteiger partial charge in [-0.25, -0.2) is 4.39 Å². The summed E-state index contributed by atoms with van der Waals surface area (Å²) in [6, 6.07) is 41.1. The van der Waals surface area contributed by atoms with E-state index in [-0.39, 0.29) is 5.82 Å². The Morgan fingerprint density at radius 1 is 0.500 bits per heavy atom. The summed E-state index contributed by atoms with van der Waals surface area (Å²) in [4.78, 5) is 2.28. The van der Waals surface area contributed by atoms with Gasteiger partial charge in [0.15, 0.2) is 0 Å². The molecule has 0 fully saturated rings. The van der Waals surface area contributed by atoms with Gasteiger partial charge >= 0.3 is 0 Å². The van der Waals surface area contributed by atoms with Gasteiger partial charge in [-0.1, -0.05) is 97.1 Å². The molecule has 1 aliphatic heterocycles. The van der Waals surface area contributed by atoms with Gasteiger partial charge in [-0.3, -0.25) is 0 Å². The van der Waals surface area contributed by atoms with E-state index in [1.165, 1.54) is 50.6 Å². The van der Waals surface area contributed by atoms with Crippen LogP contribution in [0.4, 0.5) is 10.1 Å². The zero-order valence-electron chi connectivity index (χ0n) is 18.8. The second kappa shape index (κ2) is 8.64. The van der Waals surface area contributed by atoms with Gasteiger partial charge in [-0.2, -0.15) is 0 Å². The fraction of sp³-hybridized carbons (Fsp3) is 0.0625. The Morgan fingerprint density at radius 2 is 1.06 bits per heavy atom. The van der Waals surface area contributed by atoms with Crippen LogP contribution in [0, 0.1) is 5.82 Å². The molecule has 0 radical (unpaired) electrons. The standard InChI is InChI=1S/C32H24FN/c33-26-17-10-18-27(19-26)34-21-30-28(23-11-4-1-5-12-23)20-29(24-13-6-2-7-14-24)32(31(30)22-34)25-15-8-3-9-16-25/h1-20H,21-22H2. The van der Waals surface area contributed by atoms with Gasteiger partial charge < -0.3 is 4.90 Å². The first-order valence-corrected chi connectivity index (χ1v) is 11.6. The third-order valence-corrected chi connectivity index (χ3v) is 6.65. The zero-order chi connectivity index (χ0) is 22.9. The van der Waals surface area contributed by atoms with Crippen LogP contribution in [0.5, 0.6) is 0 Å². The second-order valence-electron chi connectivity index (χ2n) is 8.74. The topological polar surface area (TPSA) is 3.24 Å². The lowest BCUT2D eigenvalue weighted by Gasteiger charge is -2.19. The first kappa shape index (κ1) is 20.4. The Bertz CT molecular complexity index is 1440. The summed E-state index contributed by atoms with van der Waals surface area (Å²) < 4.78 is 14.1. The van der Waals surface area contributed by atoms with Crippen LogP contribution < -0.4 is 4.90 Å². The molecule has 1 nitrogen and oxygen atoms in total. The van der Waals surface area contributed by atoms with Crippen molar-refractivity contribution in [2.75, 3.05) is 4.90 Å². The molecule has 2 heteroatoms. The molecule has 0 unspecified atom stereocenters. The van der Waals surface area contributed by atoms with E-state index in [2.05, 4.69) is 102 Å². The molecule has 1 aliphatic rings. The maximum Gasteiger partial charge on any atom is 0.125 e. The van der Waals surface area contributed by atoms with Crippen molar-refractivity contribution < 1.29 is 4.39 Å². The minimum absolute atomic E-state index is 0.204. The van der Waals surface area contributed by atoms with Crippen molar-refractivity contribution in [1.29, 1.82) is 0 Å². The number of nitrogens with zero attached hydrogens (tertiary/aromatic N) is 1. The highest BCUT2D eigenvalue weighted by atomic mass is 19.1. The van der Waals surface area contributed by atoms with Gasteiger partial charge in [-0.15, -0.1) is 0 Å². The SMILES string of the molecule is Fc1cccc(N2Cc3c(-c4ccccc4)cc(-c4ccccc4)c(-c4ccccc4)c3C2)c1. The number of halogens is 1. The summed E-state index contributed by atoms with van der Waals surface area (Å²) >= 11 is 0. The normalized spacial score (nSPS) is 12.6. The molecule has 0 spiro atoms. The fourth-order valence-electron chi connectivity index (χ4n) is 5.08. The number of benzene rings is 5. The minimum atomic E-state index is -0.204. The third-order valence-electron chi connectivity index (χ3n) is 6.65. The average Bonchev–Trinajstić information content (AvgIpc) is 3.35. The van der Waals surface area contributed by atoms with E-state index in [1.54, 1.807) is 12.1 Å². The quantitative estimate of drug-likeness (QED) is 0.271. The van der Waals surface area contributed by atoms with Gasteiger partial charge in [-0.05, 0) is 68.8 Å². The molecule has 6 rings (SSSR count). The Balaban J connectivity index is 1.63. The maximum absolute atomic E-state index is 14.1. The Labute approximate surface area is 199 Å². The van der Waals surface area contributed by atoms with Crippen LogP contribution >= 0.6 is 0 Å². The van der Waals surface area contributed by atoms with Crippen molar-refractivity contribution in [3.05, 3.63) is 138 Å². The monoisotopic (exact) mass is 441 g/mol. The molecule has 0 saturated carbocycles. The Morgan fingerprint density at radius 3 is 1.68 bits per heavy atom. The van der Waals surface area contributed by atoms with Crippen molar-refractivity contribution in [2.45, 2.75) is 13.1 Å². The van der Waals surface area contributed by atoms with Gasteiger partial charge in [0.1, 0.15) is 5.82 Å². The molecule has 0 aliphatic carbocycles. The zero-order valence-corrected chi connectivity index (χ0v) is 18.8. The summed E-state index contributed by atoms with van der Waals surface area (Å²) in [6.45, 7) is 1.49. The highest BCUT2D eigenvalue weighted by Crippen LogP contribution is 2.45. The van der Waals surface area contributed by atoms with E-state index in [0.29, 0.717) is 0 Å². The van der Waals surface area contributed by atoms with E-state index in [1.807, 2.05) is 6.07 Å². The molecule has 0 atom stereocenters. The third kappa shape index (κ3) is 3.68. The van der Waals surface area contributed by atoms with Gasteiger partial charge in [0, 0.05) is 18.8 Å². The molecule has 34 heavy (non-hydrogen) atoms. The number of hydrogen-bond donors (Lipinski definition) is 0. The lowest BCUT2D eigenvalue weighted by molar-refractivity contribution is 0.626. The summed E-state index contributed by atoms with van der Waals surface area (Å²) in [5, 5.41) is 0. The van der Waals surface area contributed by atoms with E-state index in [4.69, 9.17) is 0 Å². The highest BCUT2D eigenvalue weighted by Gasteiger charge is 2.28. The molecule has 164 valence electrons. The molecule has 0 bridgehead atoms. The van der Waals surface area contributed by atoms with Crippen LogP contribution in [0.15, 0.2) is 121 Å². The summed E-state index contributed by atoms with van der Waals surface area (Å²) in [6.07, 6.45) is 0. The Kier molecular flexibility index (Phi) is 5.20. The van der Waals surface area contributed by atoms with E-state index >= 15 is 0 Å². The summed E-state index contributed by atoms with van der Waals surface area (Å²) in [5.41, 5.74) is 10.9. The lowest BCUT2D eigenvalue weighted by atomic mass is 9.84. The van der Waals surface area contributed by atoms with Crippen LogP contribution in [-0.4, -0.2) is 0 Å². The molecule has 0 N–H and O–H groups in total. The van der Waals surface area contributed by atoms with Crippen molar-refractivity contribution in [3.63, 3.8) is 0 Å². The molecular weight excluding hydrogens is 417 g/mol. The van der Waals surface area contributed by atoms with Crippen molar-refractivity contribution in [2.24, 2.45) is 0 Å². The van der Waals surface area contributed by atoms with E-state index < -0.39 is 0 Å². The van der Waals surface area contributed by atoms with E-state index in [0.717, 1.165) is 18.8 Å². The van der Waals surface area contributed by atoms with Gasteiger partial charge in [0.2, 0.25) is 0 Å². The smallest absolute Gasteiger partial charge is 0.125 e. The van der Waals surface area contributed by atoms with Crippen molar-refractivity contribution in [3.8, 4) is 33.4 Å². The number of rotatable bonds is 4. The molecule has 5 aromatic carbocycles. The van der Waals surface area contributed by atoms with Crippen LogP contribution in [-0.2, 0) is 13.1 Å². The van der Waals surface area contributed by atoms with Crippen molar-refractivity contribution >= 4 is 5.69 Å². The average molecular weight is 442 g/mol. The molecule has 0 amide bonds. The van der Waals surface area contributed by atoms with Crippen LogP contribution in [0.25, 0.3) is 33.4 Å². The van der Waals surface area contributed by atoms with Gasteiger partial charge in [0.25, 0.3) is 0 Å². The predicted octanol–water partition coefficient (Wildman–Crippen LogP) is 8.35. The largest absolute Gasteiger partial charge is 0.363 e. The number of fused-ring (bicyclic) bond motifs is 1. The first-order valence-electron chi connectivity index (χ1n) is 11.6. The second-order valence-corrected chi connectivity index (χ2v) is 8.74. The van der Waals surface area contributed by atoms with Gasteiger partial charge in [0.05, 0.1) is 0 Å². The fourth-order valence-corrected chi connectivity index (χ4v) is 5.08. The molecular formula is C32H24FN. The number of anilines is 1. The number of hydrogen-bond acceptors (Lipinski definition) is 1. The highest BCUT2D eigenvalue weighted by molar-refractivity contribution is 5.92. The molecule has 0 aromatic heterocycles. The van der Waals surface area contributed by atoms with Crippen LogP contribution in [0.2, 0.25) is 0 Å². The molecule has 1 heterocycles. The van der Waals surface area contributed by atoms with E-state index in [9.17, 15) is 4.39 Å². The Hall–Kier alpha value is -4.17. The first-order chi connectivity index (χ1) is 16.8. The maximum atomic E-state index is 14.1. The van der Waals surface area contributed by atoms with Crippen molar-refractivity contribution in [1.82, 2.24) is 0 Å².